The molecule has 0 radical (unpaired) electrons. The monoisotopic (exact) mass is 535 g/mol. The summed E-state index contributed by atoms with van der Waals surface area (Å²) in [6.45, 7) is 4.21. The second-order valence-electron chi connectivity index (χ2n) is 9.06. The van der Waals surface area contributed by atoms with Gasteiger partial charge >= 0.3 is 6.18 Å². The number of rotatable bonds is 5. The predicted molar refractivity (Wildman–Crippen MR) is 139 cm³/mol. The van der Waals surface area contributed by atoms with Gasteiger partial charge in [0.05, 0.1) is 11.6 Å². The molecule has 1 saturated heterocycles. The highest BCUT2D eigenvalue weighted by Crippen LogP contribution is 2.36. The number of alkyl halides is 3. The Balaban J connectivity index is 1.47. The number of amides is 2. The molecule has 0 unspecified atom stereocenters. The Morgan fingerprint density at radius 2 is 1.87 bits per heavy atom. The number of carbonyl (C=O) groups is 2. The summed E-state index contributed by atoms with van der Waals surface area (Å²) in [6, 6.07) is 7.72. The fraction of sp³-hybridized carbons (Fsp3) is 0.222. The number of hydrogen-bond donors (Lipinski definition) is 2. The predicted octanol–water partition coefficient (Wildman–Crippen LogP) is 4.88. The molecule has 1 fully saturated rings. The van der Waals surface area contributed by atoms with E-state index in [1.54, 1.807) is 29.4 Å². The summed E-state index contributed by atoms with van der Waals surface area (Å²) in [4.78, 5) is 39.9. The van der Waals surface area contributed by atoms with Gasteiger partial charge in [-0.3, -0.25) is 14.0 Å². The van der Waals surface area contributed by atoms with Crippen LogP contribution in [0.3, 0.4) is 0 Å². The van der Waals surface area contributed by atoms with E-state index in [4.69, 9.17) is 10.7 Å². The first-order valence-electron chi connectivity index (χ1n) is 12.2. The molecule has 1 atom stereocenters. The summed E-state index contributed by atoms with van der Waals surface area (Å²) in [5, 5.41) is 2.39. The average Bonchev–Trinajstić information content (AvgIpc) is 3.33. The first-order chi connectivity index (χ1) is 18.7. The van der Waals surface area contributed by atoms with Gasteiger partial charge in [-0.1, -0.05) is 18.7 Å². The maximum Gasteiger partial charge on any atom is 0.416 e. The lowest BCUT2D eigenvalue weighted by Gasteiger charge is -2.34. The number of aromatic nitrogens is 4. The van der Waals surface area contributed by atoms with E-state index < -0.39 is 17.6 Å². The SMILES string of the molecule is C=CC(=O)N1CCCC[C@H]1c1nc(-c2ccc(C(=O)Nc3cc(C(F)(F)F)ccn3)cc2)c2c(N)nccn12. The molecule has 200 valence electrons. The summed E-state index contributed by atoms with van der Waals surface area (Å²) in [7, 11) is 0. The molecular weight excluding hydrogens is 511 g/mol. The average molecular weight is 536 g/mol. The molecule has 1 aromatic carbocycles. The fourth-order valence-corrected chi connectivity index (χ4v) is 4.75. The Bertz CT molecular complexity index is 1560. The first-order valence-corrected chi connectivity index (χ1v) is 12.2. The Hall–Kier alpha value is -4.74. The van der Waals surface area contributed by atoms with Gasteiger partial charge in [0.15, 0.2) is 0 Å². The number of carbonyl (C=O) groups excluding carboxylic acids is 2. The van der Waals surface area contributed by atoms with Crippen LogP contribution in [0.2, 0.25) is 0 Å². The lowest BCUT2D eigenvalue weighted by atomic mass is 10.0. The van der Waals surface area contributed by atoms with Gasteiger partial charge in [0.1, 0.15) is 28.7 Å². The minimum absolute atomic E-state index is 0.175. The highest BCUT2D eigenvalue weighted by atomic mass is 19.4. The summed E-state index contributed by atoms with van der Waals surface area (Å²) < 4.78 is 40.8. The lowest BCUT2D eigenvalue weighted by Crippen LogP contribution is -2.38. The van der Waals surface area contributed by atoms with Crippen LogP contribution < -0.4 is 11.1 Å². The number of fused-ring (bicyclic) bond motifs is 1. The molecule has 5 rings (SSSR count). The molecule has 4 aromatic rings. The third-order valence-corrected chi connectivity index (χ3v) is 6.62. The highest BCUT2D eigenvalue weighted by molar-refractivity contribution is 6.04. The van der Waals surface area contributed by atoms with E-state index in [1.165, 1.54) is 18.2 Å². The number of nitrogen functional groups attached to an aromatic ring is 1. The van der Waals surface area contributed by atoms with Gasteiger partial charge in [-0.05, 0) is 49.6 Å². The summed E-state index contributed by atoms with van der Waals surface area (Å²) in [5.41, 5.74) is 7.28. The zero-order chi connectivity index (χ0) is 27.7. The van der Waals surface area contributed by atoms with E-state index in [2.05, 4.69) is 21.9 Å². The van der Waals surface area contributed by atoms with Crippen LogP contribution in [-0.4, -0.2) is 42.6 Å². The number of halogens is 3. The second kappa shape index (κ2) is 10.2. The smallest absolute Gasteiger partial charge is 0.382 e. The molecule has 3 aromatic heterocycles. The van der Waals surface area contributed by atoms with Crippen molar-refractivity contribution in [2.24, 2.45) is 0 Å². The first kappa shape index (κ1) is 25.9. The van der Waals surface area contributed by atoms with Gasteiger partial charge < -0.3 is 16.0 Å². The van der Waals surface area contributed by atoms with Gasteiger partial charge in [-0.15, -0.1) is 0 Å². The van der Waals surface area contributed by atoms with E-state index >= 15 is 0 Å². The number of piperidine rings is 1. The van der Waals surface area contributed by atoms with Crippen molar-refractivity contribution in [3.05, 3.63) is 84.6 Å². The van der Waals surface area contributed by atoms with Crippen LogP contribution >= 0.6 is 0 Å². The molecule has 0 aliphatic carbocycles. The molecule has 2 amide bonds. The number of benzene rings is 1. The number of nitrogens with one attached hydrogen (secondary N) is 1. The number of pyridine rings is 1. The summed E-state index contributed by atoms with van der Waals surface area (Å²) >= 11 is 0. The minimum atomic E-state index is -4.55. The van der Waals surface area contributed by atoms with Gasteiger partial charge in [-0.2, -0.15) is 13.2 Å². The molecular formula is C27H24F3N7O2. The van der Waals surface area contributed by atoms with Crippen molar-refractivity contribution in [3.8, 4) is 11.3 Å². The zero-order valence-corrected chi connectivity index (χ0v) is 20.7. The van der Waals surface area contributed by atoms with Gasteiger partial charge in [0.25, 0.3) is 5.91 Å². The Kier molecular flexibility index (Phi) is 6.77. The molecule has 1 aliphatic heterocycles. The summed E-state index contributed by atoms with van der Waals surface area (Å²) in [5.74, 6) is -0.118. The molecule has 39 heavy (non-hydrogen) atoms. The zero-order valence-electron chi connectivity index (χ0n) is 20.7. The van der Waals surface area contributed by atoms with Crippen LogP contribution in [0, 0.1) is 0 Å². The van der Waals surface area contributed by atoms with E-state index in [9.17, 15) is 22.8 Å². The van der Waals surface area contributed by atoms with E-state index in [0.29, 0.717) is 29.1 Å². The molecule has 12 heteroatoms. The number of hydrogen-bond acceptors (Lipinski definition) is 6. The number of imidazole rings is 1. The van der Waals surface area contributed by atoms with Crippen molar-refractivity contribution in [1.82, 2.24) is 24.3 Å². The van der Waals surface area contributed by atoms with Crippen LogP contribution in [0.4, 0.5) is 24.8 Å². The molecule has 4 heterocycles. The quantitative estimate of drug-likeness (QED) is 0.352. The topological polar surface area (TPSA) is 119 Å². The van der Waals surface area contributed by atoms with E-state index in [-0.39, 0.29) is 29.1 Å². The molecule has 9 nitrogen and oxygen atoms in total. The van der Waals surface area contributed by atoms with Crippen molar-refractivity contribution in [1.29, 1.82) is 0 Å². The fourth-order valence-electron chi connectivity index (χ4n) is 4.75. The minimum Gasteiger partial charge on any atom is -0.382 e. The van der Waals surface area contributed by atoms with Crippen molar-refractivity contribution in [2.45, 2.75) is 31.5 Å². The molecule has 1 aliphatic rings. The number of nitrogens with zero attached hydrogens (tertiary/aromatic N) is 5. The lowest BCUT2D eigenvalue weighted by molar-refractivity contribution is -0.137. The van der Waals surface area contributed by atoms with Crippen LogP contribution in [0.1, 0.15) is 47.1 Å². The standard InChI is InChI=1S/C27H24F3N7O2/c1-2-21(38)36-13-4-3-5-19(36)25-35-22(23-24(31)33-12-14-37(23)25)16-6-8-17(9-7-16)26(39)34-20-15-18(10-11-32-20)27(28,29)30/h2,6-12,14-15,19H,1,3-5,13H2,(H2,31,33)(H,32,34,39)/t19-/m0/s1. The van der Waals surface area contributed by atoms with Crippen molar-refractivity contribution in [2.75, 3.05) is 17.6 Å². The van der Waals surface area contributed by atoms with E-state index in [1.807, 2.05) is 4.40 Å². The van der Waals surface area contributed by atoms with E-state index in [0.717, 1.165) is 37.6 Å². The normalized spacial score (nSPS) is 15.8. The largest absolute Gasteiger partial charge is 0.416 e. The summed E-state index contributed by atoms with van der Waals surface area (Å²) in [6.07, 6.45) is 3.57. The van der Waals surface area contributed by atoms with Crippen LogP contribution in [0.15, 0.2) is 67.6 Å². The maximum atomic E-state index is 13.0. The maximum absolute atomic E-state index is 13.0. The Morgan fingerprint density at radius 3 is 2.59 bits per heavy atom. The third-order valence-electron chi connectivity index (χ3n) is 6.62. The molecule has 3 N–H and O–H groups in total. The van der Waals surface area contributed by atoms with Gasteiger partial charge in [0.2, 0.25) is 5.91 Å². The number of likely N-dealkylation sites (tertiary alicyclic amines) is 1. The molecule has 0 saturated carbocycles. The number of anilines is 2. The highest BCUT2D eigenvalue weighted by Gasteiger charge is 2.32. The molecule has 0 bridgehead atoms. The Labute approximate surface area is 221 Å². The van der Waals surface area contributed by atoms with Gasteiger partial charge in [-0.25, -0.2) is 15.0 Å². The number of nitrogens with two attached hydrogens (primary N) is 1. The van der Waals surface area contributed by atoms with Crippen LogP contribution in [0.5, 0.6) is 0 Å². The van der Waals surface area contributed by atoms with Crippen molar-refractivity contribution >= 4 is 29.0 Å². The molecule has 0 spiro atoms. The van der Waals surface area contributed by atoms with Crippen LogP contribution in [0.25, 0.3) is 16.8 Å². The van der Waals surface area contributed by atoms with Crippen LogP contribution in [-0.2, 0) is 11.0 Å². The Morgan fingerprint density at radius 1 is 1.10 bits per heavy atom. The van der Waals surface area contributed by atoms with Crippen molar-refractivity contribution in [3.63, 3.8) is 0 Å². The third kappa shape index (κ3) is 5.05. The van der Waals surface area contributed by atoms with Crippen molar-refractivity contribution < 1.29 is 22.8 Å². The second-order valence-corrected chi connectivity index (χ2v) is 9.06. The van der Waals surface area contributed by atoms with Gasteiger partial charge in [0, 0.05) is 36.3 Å².